The number of piperidine rings is 1. The van der Waals surface area contributed by atoms with Gasteiger partial charge in [0.1, 0.15) is 6.54 Å². The minimum atomic E-state index is -0.371. The lowest BCUT2D eigenvalue weighted by molar-refractivity contribution is -0.117. The molecule has 0 aliphatic carbocycles. The third kappa shape index (κ3) is 4.91. The molecule has 1 aliphatic heterocycles. The summed E-state index contributed by atoms with van der Waals surface area (Å²) < 4.78 is 1.21. The van der Waals surface area contributed by atoms with Crippen molar-refractivity contribution in [1.29, 1.82) is 0 Å². The van der Waals surface area contributed by atoms with Crippen molar-refractivity contribution in [2.24, 2.45) is 0 Å². The molecular formula is C29H28N4O3. The summed E-state index contributed by atoms with van der Waals surface area (Å²) in [6.45, 7) is 3.36. The Kier molecular flexibility index (Phi) is 6.62. The number of fused-ring (bicyclic) bond motifs is 1. The number of anilines is 1. The van der Waals surface area contributed by atoms with Crippen LogP contribution in [0.1, 0.15) is 35.2 Å². The summed E-state index contributed by atoms with van der Waals surface area (Å²) in [5.41, 5.74) is 3.49. The summed E-state index contributed by atoms with van der Waals surface area (Å²) in [5.74, 6) is -0.354. The molecule has 1 aliphatic rings. The maximum atomic E-state index is 13.1. The second kappa shape index (κ2) is 10.2. The van der Waals surface area contributed by atoms with Gasteiger partial charge in [0.15, 0.2) is 0 Å². The number of nitrogens with zero attached hydrogens (tertiary/aromatic N) is 3. The predicted octanol–water partition coefficient (Wildman–Crippen LogP) is 4.64. The minimum Gasteiger partial charge on any atom is -0.339 e. The number of aryl methyl sites for hydroxylation is 1. The highest BCUT2D eigenvalue weighted by atomic mass is 16.2. The van der Waals surface area contributed by atoms with Crippen molar-refractivity contribution in [3.63, 3.8) is 0 Å². The first kappa shape index (κ1) is 23.5. The summed E-state index contributed by atoms with van der Waals surface area (Å²) in [4.78, 5) is 40.5. The largest absolute Gasteiger partial charge is 0.339 e. The van der Waals surface area contributed by atoms with Gasteiger partial charge in [0.2, 0.25) is 5.91 Å². The highest BCUT2D eigenvalue weighted by Crippen LogP contribution is 2.25. The van der Waals surface area contributed by atoms with Gasteiger partial charge in [-0.1, -0.05) is 48.0 Å². The second-order valence-corrected chi connectivity index (χ2v) is 9.20. The molecule has 3 aromatic carbocycles. The first-order valence-electron chi connectivity index (χ1n) is 12.3. The quantitative estimate of drug-likeness (QED) is 0.451. The summed E-state index contributed by atoms with van der Waals surface area (Å²) in [5, 5.41) is 8.64. The van der Waals surface area contributed by atoms with E-state index in [2.05, 4.69) is 10.4 Å². The van der Waals surface area contributed by atoms with Gasteiger partial charge in [0.05, 0.1) is 11.1 Å². The SMILES string of the molecule is Cc1ccc(-c2nn(CC(=O)Nc3ccc(C(=O)N4CCCCC4)cc3)c(=O)c3ccccc23)cc1. The van der Waals surface area contributed by atoms with Crippen LogP contribution in [-0.4, -0.2) is 39.6 Å². The van der Waals surface area contributed by atoms with Crippen LogP contribution < -0.4 is 10.9 Å². The molecule has 0 radical (unpaired) electrons. The Morgan fingerprint density at radius 3 is 2.22 bits per heavy atom. The number of hydrogen-bond donors (Lipinski definition) is 1. The van der Waals surface area contributed by atoms with Crippen LogP contribution in [-0.2, 0) is 11.3 Å². The number of hydrogen-bond acceptors (Lipinski definition) is 4. The first-order valence-corrected chi connectivity index (χ1v) is 12.3. The molecule has 0 bridgehead atoms. The smallest absolute Gasteiger partial charge is 0.275 e. The van der Waals surface area contributed by atoms with Crippen molar-refractivity contribution >= 4 is 28.3 Å². The molecule has 36 heavy (non-hydrogen) atoms. The van der Waals surface area contributed by atoms with Gasteiger partial charge in [-0.25, -0.2) is 4.68 Å². The predicted molar refractivity (Wildman–Crippen MR) is 141 cm³/mol. The Labute approximate surface area is 209 Å². The van der Waals surface area contributed by atoms with E-state index in [4.69, 9.17) is 0 Å². The molecule has 0 unspecified atom stereocenters. The van der Waals surface area contributed by atoms with Crippen molar-refractivity contribution in [2.45, 2.75) is 32.7 Å². The van der Waals surface area contributed by atoms with Crippen molar-refractivity contribution < 1.29 is 9.59 Å². The third-order valence-corrected chi connectivity index (χ3v) is 6.54. The van der Waals surface area contributed by atoms with Crippen LogP contribution in [0.4, 0.5) is 5.69 Å². The average molecular weight is 481 g/mol. The van der Waals surface area contributed by atoms with Crippen LogP contribution in [0.25, 0.3) is 22.0 Å². The topological polar surface area (TPSA) is 84.3 Å². The molecule has 1 aromatic heterocycles. The van der Waals surface area contributed by atoms with Crippen molar-refractivity contribution in [3.8, 4) is 11.3 Å². The normalized spacial score (nSPS) is 13.5. The molecule has 0 saturated carbocycles. The van der Waals surface area contributed by atoms with Crippen LogP contribution in [0.3, 0.4) is 0 Å². The monoisotopic (exact) mass is 480 g/mol. The van der Waals surface area contributed by atoms with Gasteiger partial charge in [-0.2, -0.15) is 5.10 Å². The number of benzene rings is 3. The van der Waals surface area contributed by atoms with Gasteiger partial charge in [0.25, 0.3) is 11.5 Å². The van der Waals surface area contributed by atoms with Crippen molar-refractivity contribution in [1.82, 2.24) is 14.7 Å². The van der Waals surface area contributed by atoms with Gasteiger partial charge >= 0.3 is 0 Å². The maximum Gasteiger partial charge on any atom is 0.275 e. The van der Waals surface area contributed by atoms with E-state index in [1.54, 1.807) is 36.4 Å². The summed E-state index contributed by atoms with van der Waals surface area (Å²) in [6, 6.07) is 22.1. The number of amides is 2. The van der Waals surface area contributed by atoms with Crippen LogP contribution in [0.15, 0.2) is 77.6 Å². The van der Waals surface area contributed by atoms with Gasteiger partial charge < -0.3 is 10.2 Å². The highest BCUT2D eigenvalue weighted by Gasteiger charge is 2.18. The van der Waals surface area contributed by atoms with E-state index in [9.17, 15) is 14.4 Å². The number of carbonyl (C=O) groups is 2. The lowest BCUT2D eigenvalue weighted by Gasteiger charge is -2.26. The number of rotatable bonds is 5. The Bertz CT molecular complexity index is 1470. The van der Waals surface area contributed by atoms with E-state index in [1.807, 2.05) is 48.2 Å². The van der Waals surface area contributed by atoms with Crippen molar-refractivity contribution in [2.75, 3.05) is 18.4 Å². The number of nitrogens with one attached hydrogen (secondary N) is 1. The zero-order chi connectivity index (χ0) is 25.1. The Balaban J connectivity index is 1.36. The molecule has 1 saturated heterocycles. The minimum absolute atomic E-state index is 0.0168. The van der Waals surface area contributed by atoms with Gasteiger partial charge in [0, 0.05) is 35.3 Å². The van der Waals surface area contributed by atoms with E-state index in [0.29, 0.717) is 22.3 Å². The molecule has 2 amide bonds. The zero-order valence-corrected chi connectivity index (χ0v) is 20.2. The van der Waals surface area contributed by atoms with E-state index in [1.165, 1.54) is 4.68 Å². The van der Waals surface area contributed by atoms with E-state index >= 15 is 0 Å². The fraction of sp³-hybridized carbons (Fsp3) is 0.241. The summed E-state index contributed by atoms with van der Waals surface area (Å²) >= 11 is 0. The van der Waals surface area contributed by atoms with Crippen LogP contribution in [0.5, 0.6) is 0 Å². The average Bonchev–Trinajstić information content (AvgIpc) is 2.91. The number of likely N-dealkylation sites (tertiary alicyclic amines) is 1. The molecule has 0 atom stereocenters. The summed E-state index contributed by atoms with van der Waals surface area (Å²) in [7, 11) is 0. The fourth-order valence-electron chi connectivity index (χ4n) is 4.58. The molecule has 0 spiro atoms. The van der Waals surface area contributed by atoms with Gasteiger partial charge in [-0.15, -0.1) is 0 Å². The fourth-order valence-corrected chi connectivity index (χ4v) is 4.58. The molecule has 7 heteroatoms. The lowest BCUT2D eigenvalue weighted by atomic mass is 10.0. The van der Waals surface area contributed by atoms with E-state index < -0.39 is 0 Å². The van der Waals surface area contributed by atoms with E-state index in [-0.39, 0.29) is 23.9 Å². The summed E-state index contributed by atoms with van der Waals surface area (Å²) in [6.07, 6.45) is 3.23. The molecule has 1 fully saturated rings. The second-order valence-electron chi connectivity index (χ2n) is 9.20. The third-order valence-electron chi connectivity index (χ3n) is 6.54. The molecule has 7 nitrogen and oxygen atoms in total. The molecule has 5 rings (SSSR count). The van der Waals surface area contributed by atoms with Crippen LogP contribution in [0.2, 0.25) is 0 Å². The lowest BCUT2D eigenvalue weighted by Crippen LogP contribution is -2.35. The Morgan fingerprint density at radius 1 is 0.861 bits per heavy atom. The number of carbonyl (C=O) groups excluding carboxylic acids is 2. The van der Waals surface area contributed by atoms with Crippen LogP contribution >= 0.6 is 0 Å². The van der Waals surface area contributed by atoms with Gasteiger partial charge in [-0.3, -0.25) is 14.4 Å². The van der Waals surface area contributed by atoms with Crippen LogP contribution in [0, 0.1) is 6.92 Å². The Morgan fingerprint density at radius 2 is 1.53 bits per heavy atom. The first-order chi connectivity index (χ1) is 17.5. The van der Waals surface area contributed by atoms with Crippen molar-refractivity contribution in [3.05, 3.63) is 94.3 Å². The molecule has 182 valence electrons. The zero-order valence-electron chi connectivity index (χ0n) is 20.2. The molecular weight excluding hydrogens is 452 g/mol. The number of aromatic nitrogens is 2. The van der Waals surface area contributed by atoms with Gasteiger partial charge in [-0.05, 0) is 56.5 Å². The maximum absolute atomic E-state index is 13.1. The van der Waals surface area contributed by atoms with E-state index in [0.717, 1.165) is 48.9 Å². The highest BCUT2D eigenvalue weighted by molar-refractivity contribution is 5.96. The molecule has 1 N–H and O–H groups in total. The molecule has 4 aromatic rings. The standard InChI is InChI=1S/C29H28N4O3/c1-20-9-11-21(12-10-20)27-24-7-3-4-8-25(24)29(36)33(31-27)19-26(34)30-23-15-13-22(14-16-23)28(35)32-17-5-2-6-18-32/h3-4,7-16H,2,5-6,17-19H2,1H3,(H,30,34). The Hall–Kier alpha value is -4.26. The molecule has 2 heterocycles.